The molecule has 0 atom stereocenters. The maximum Gasteiger partial charge on any atom is 0.417 e. The highest BCUT2D eigenvalue weighted by Gasteiger charge is 2.30. The molecule has 0 unspecified atom stereocenters. The van der Waals surface area contributed by atoms with Gasteiger partial charge in [-0.25, -0.2) is 4.98 Å². The zero-order valence-corrected chi connectivity index (χ0v) is 11.1. The number of nitrogens with zero attached hydrogens (tertiary/aromatic N) is 4. The average Bonchev–Trinajstić information content (AvgIpc) is 2.99. The number of halogens is 3. The number of aromatic nitrogens is 4. The lowest BCUT2D eigenvalue weighted by Crippen LogP contribution is -2.05. The molecule has 0 amide bonds. The number of aryl methyl sites for hydroxylation is 1. The number of alkyl halides is 3. The molecule has 3 heterocycles. The van der Waals surface area contributed by atoms with Crippen LogP contribution in [-0.4, -0.2) is 19.2 Å². The summed E-state index contributed by atoms with van der Waals surface area (Å²) in [4.78, 5) is 4.26. The molecule has 0 bridgehead atoms. The largest absolute Gasteiger partial charge is 0.417 e. The van der Waals surface area contributed by atoms with Crippen molar-refractivity contribution in [2.45, 2.75) is 12.7 Å². The van der Waals surface area contributed by atoms with Crippen LogP contribution < -0.4 is 5.32 Å². The van der Waals surface area contributed by atoms with Crippen molar-refractivity contribution in [2.24, 2.45) is 7.05 Å². The van der Waals surface area contributed by atoms with Crippen LogP contribution in [0.2, 0.25) is 0 Å². The first-order valence-electron chi connectivity index (χ1n) is 6.19. The second kappa shape index (κ2) is 4.80. The zero-order chi connectivity index (χ0) is 15.0. The first kappa shape index (κ1) is 13.5. The van der Waals surface area contributed by atoms with E-state index in [0.29, 0.717) is 17.9 Å². The predicted molar refractivity (Wildman–Crippen MR) is 70.7 cm³/mol. The molecule has 3 rings (SSSR count). The Balaban J connectivity index is 1.80. The van der Waals surface area contributed by atoms with Crippen LogP contribution in [0.15, 0.2) is 36.9 Å². The molecule has 0 aliphatic carbocycles. The number of fused-ring (bicyclic) bond motifs is 1. The summed E-state index contributed by atoms with van der Waals surface area (Å²) in [6.45, 7) is 0.411. The van der Waals surface area contributed by atoms with Gasteiger partial charge in [-0.05, 0) is 12.1 Å². The van der Waals surface area contributed by atoms with Crippen LogP contribution in [0.25, 0.3) is 5.65 Å². The van der Waals surface area contributed by atoms with Crippen LogP contribution in [0, 0.1) is 0 Å². The molecule has 0 saturated carbocycles. The molecular weight excluding hydrogens is 283 g/mol. The number of hydrogen-bond acceptors (Lipinski definition) is 3. The highest BCUT2D eigenvalue weighted by molar-refractivity contribution is 5.43. The minimum atomic E-state index is -4.35. The molecule has 0 aromatic carbocycles. The molecule has 21 heavy (non-hydrogen) atoms. The molecular formula is C13H12F3N5. The van der Waals surface area contributed by atoms with E-state index in [1.807, 2.05) is 0 Å². The van der Waals surface area contributed by atoms with Crippen molar-refractivity contribution in [1.29, 1.82) is 0 Å². The molecule has 3 aromatic heterocycles. The molecule has 0 radical (unpaired) electrons. The van der Waals surface area contributed by atoms with Crippen molar-refractivity contribution in [3.05, 3.63) is 48.2 Å². The molecule has 0 aliphatic heterocycles. The van der Waals surface area contributed by atoms with Gasteiger partial charge in [-0.1, -0.05) is 0 Å². The van der Waals surface area contributed by atoms with Gasteiger partial charge in [-0.2, -0.15) is 18.3 Å². The Labute approximate surface area is 118 Å². The Morgan fingerprint density at radius 3 is 2.67 bits per heavy atom. The topological polar surface area (TPSA) is 47.2 Å². The van der Waals surface area contributed by atoms with E-state index < -0.39 is 11.7 Å². The van der Waals surface area contributed by atoms with Crippen molar-refractivity contribution < 1.29 is 13.2 Å². The van der Waals surface area contributed by atoms with E-state index in [9.17, 15) is 13.2 Å². The lowest BCUT2D eigenvalue weighted by atomic mass is 10.3. The van der Waals surface area contributed by atoms with Gasteiger partial charge in [-0.15, -0.1) is 0 Å². The minimum Gasteiger partial charge on any atom is -0.377 e. The third-order valence-corrected chi connectivity index (χ3v) is 3.01. The SMILES string of the molecule is Cn1cc(NCc2cn3cc(C(F)(F)F)ccc3n2)cn1. The fourth-order valence-electron chi connectivity index (χ4n) is 2.00. The summed E-state index contributed by atoms with van der Waals surface area (Å²) in [7, 11) is 1.80. The number of rotatable bonds is 3. The number of anilines is 1. The van der Waals surface area contributed by atoms with Crippen LogP contribution in [0.4, 0.5) is 18.9 Å². The molecule has 0 fully saturated rings. The summed E-state index contributed by atoms with van der Waals surface area (Å²) in [6.07, 6.45) is 1.73. The van der Waals surface area contributed by atoms with Crippen molar-refractivity contribution >= 4 is 11.3 Å². The van der Waals surface area contributed by atoms with E-state index in [-0.39, 0.29) is 0 Å². The van der Waals surface area contributed by atoms with Gasteiger partial charge in [0, 0.05) is 25.6 Å². The normalized spacial score (nSPS) is 12.0. The number of hydrogen-bond donors (Lipinski definition) is 1. The average molecular weight is 295 g/mol. The Hall–Kier alpha value is -2.51. The zero-order valence-electron chi connectivity index (χ0n) is 11.1. The van der Waals surface area contributed by atoms with Crippen molar-refractivity contribution in [2.75, 3.05) is 5.32 Å². The number of imidazole rings is 1. The molecule has 8 heteroatoms. The molecule has 110 valence electrons. The van der Waals surface area contributed by atoms with Crippen molar-refractivity contribution in [3.63, 3.8) is 0 Å². The van der Waals surface area contributed by atoms with Gasteiger partial charge in [-0.3, -0.25) is 4.68 Å². The monoisotopic (exact) mass is 295 g/mol. The van der Waals surface area contributed by atoms with E-state index >= 15 is 0 Å². The van der Waals surface area contributed by atoms with E-state index in [1.54, 1.807) is 30.3 Å². The Kier molecular flexibility index (Phi) is 3.08. The first-order chi connectivity index (χ1) is 9.91. The van der Waals surface area contributed by atoms with Gasteiger partial charge in [0.25, 0.3) is 0 Å². The van der Waals surface area contributed by atoms with Crippen LogP contribution in [0.5, 0.6) is 0 Å². The lowest BCUT2D eigenvalue weighted by molar-refractivity contribution is -0.137. The van der Waals surface area contributed by atoms with Crippen LogP contribution >= 0.6 is 0 Å². The number of nitrogens with one attached hydrogen (secondary N) is 1. The van der Waals surface area contributed by atoms with Gasteiger partial charge in [0.1, 0.15) is 5.65 Å². The van der Waals surface area contributed by atoms with E-state index in [0.717, 1.165) is 18.0 Å². The van der Waals surface area contributed by atoms with E-state index in [4.69, 9.17) is 0 Å². The molecule has 3 aromatic rings. The lowest BCUT2D eigenvalue weighted by Gasteiger charge is -2.05. The summed E-state index contributed by atoms with van der Waals surface area (Å²) in [5, 5.41) is 7.12. The fraction of sp³-hybridized carbons (Fsp3) is 0.231. The predicted octanol–water partition coefficient (Wildman–Crippen LogP) is 2.70. The molecule has 0 aliphatic rings. The van der Waals surface area contributed by atoms with E-state index in [2.05, 4.69) is 15.4 Å². The molecule has 0 spiro atoms. The number of pyridine rings is 1. The van der Waals surface area contributed by atoms with E-state index in [1.165, 1.54) is 10.5 Å². The van der Waals surface area contributed by atoms with Gasteiger partial charge in [0.2, 0.25) is 0 Å². The standard InChI is InChI=1S/C13H12F3N5/c1-20-7-10(5-18-20)17-4-11-8-21-6-9(13(14,15)16)2-3-12(21)19-11/h2-3,5-8,17H,4H2,1H3. The third-order valence-electron chi connectivity index (χ3n) is 3.01. The summed E-state index contributed by atoms with van der Waals surface area (Å²) in [6, 6.07) is 2.39. The van der Waals surface area contributed by atoms with Crippen LogP contribution in [0.3, 0.4) is 0 Å². The quantitative estimate of drug-likeness (QED) is 0.808. The summed E-state index contributed by atoms with van der Waals surface area (Å²) in [5.41, 5.74) is 1.26. The Morgan fingerprint density at radius 2 is 2.00 bits per heavy atom. The van der Waals surface area contributed by atoms with Crippen LogP contribution in [-0.2, 0) is 19.8 Å². The Morgan fingerprint density at radius 1 is 1.19 bits per heavy atom. The highest BCUT2D eigenvalue weighted by Crippen LogP contribution is 2.29. The summed E-state index contributed by atoms with van der Waals surface area (Å²) < 4.78 is 40.9. The molecule has 5 nitrogen and oxygen atoms in total. The summed E-state index contributed by atoms with van der Waals surface area (Å²) in [5.74, 6) is 0. The molecule has 1 N–H and O–H groups in total. The Bertz CT molecular complexity index is 772. The van der Waals surface area contributed by atoms with Crippen molar-refractivity contribution in [1.82, 2.24) is 19.2 Å². The minimum absolute atomic E-state index is 0.411. The fourth-order valence-corrected chi connectivity index (χ4v) is 2.00. The maximum atomic E-state index is 12.6. The van der Waals surface area contributed by atoms with Gasteiger partial charge in [0.05, 0.1) is 29.7 Å². The second-order valence-electron chi connectivity index (χ2n) is 4.67. The van der Waals surface area contributed by atoms with Gasteiger partial charge < -0.3 is 9.72 Å². The second-order valence-corrected chi connectivity index (χ2v) is 4.67. The smallest absolute Gasteiger partial charge is 0.377 e. The summed E-state index contributed by atoms with van der Waals surface area (Å²) >= 11 is 0. The highest BCUT2D eigenvalue weighted by atomic mass is 19.4. The van der Waals surface area contributed by atoms with Gasteiger partial charge in [0.15, 0.2) is 0 Å². The van der Waals surface area contributed by atoms with Crippen LogP contribution in [0.1, 0.15) is 11.3 Å². The first-order valence-corrected chi connectivity index (χ1v) is 6.19. The van der Waals surface area contributed by atoms with Gasteiger partial charge >= 0.3 is 6.18 Å². The molecule has 0 saturated heterocycles. The third kappa shape index (κ3) is 2.83. The van der Waals surface area contributed by atoms with Crippen molar-refractivity contribution in [3.8, 4) is 0 Å². The maximum absolute atomic E-state index is 12.6.